The van der Waals surface area contributed by atoms with Gasteiger partial charge in [0.25, 0.3) is 0 Å². The Bertz CT molecular complexity index is 643. The summed E-state index contributed by atoms with van der Waals surface area (Å²) < 4.78 is 0. The van der Waals surface area contributed by atoms with Crippen LogP contribution in [0.15, 0.2) is 23.3 Å². The molecule has 2 amide bonds. The molecule has 0 radical (unpaired) electrons. The second kappa shape index (κ2) is 8.83. The number of nitrogens with zero attached hydrogens (tertiary/aromatic N) is 1. The van der Waals surface area contributed by atoms with Crippen LogP contribution in [0.4, 0.5) is 5.69 Å². The highest BCUT2D eigenvalue weighted by atomic mass is 35.5. The van der Waals surface area contributed by atoms with Crippen LogP contribution in [-0.4, -0.2) is 17.5 Å². The molecule has 0 saturated heterocycles. The van der Waals surface area contributed by atoms with E-state index in [0.717, 1.165) is 30.5 Å². The Balaban J connectivity index is 1.76. The van der Waals surface area contributed by atoms with E-state index in [1.807, 2.05) is 6.92 Å². The molecule has 2 rings (SSSR count). The molecule has 1 aliphatic rings. The zero-order valence-electron chi connectivity index (χ0n) is 14.2. The van der Waals surface area contributed by atoms with Crippen molar-refractivity contribution in [3.8, 4) is 0 Å². The Morgan fingerprint density at radius 1 is 1.29 bits per heavy atom. The summed E-state index contributed by atoms with van der Waals surface area (Å²) in [6, 6.07) is 5.33. The van der Waals surface area contributed by atoms with Crippen molar-refractivity contribution in [3.63, 3.8) is 0 Å². The largest absolute Gasteiger partial charge is 0.326 e. The van der Waals surface area contributed by atoms with Crippen molar-refractivity contribution < 1.29 is 9.59 Å². The zero-order chi connectivity index (χ0) is 17.5. The van der Waals surface area contributed by atoms with E-state index in [9.17, 15) is 9.59 Å². The predicted molar refractivity (Wildman–Crippen MR) is 97.3 cm³/mol. The number of halogens is 1. The number of carbonyl (C=O) groups excluding carboxylic acids is 2. The first-order valence-electron chi connectivity index (χ1n) is 8.35. The molecule has 130 valence electrons. The van der Waals surface area contributed by atoms with E-state index in [0.29, 0.717) is 16.6 Å². The molecule has 6 heteroatoms. The van der Waals surface area contributed by atoms with Gasteiger partial charge < -0.3 is 5.32 Å². The zero-order valence-corrected chi connectivity index (χ0v) is 14.9. The molecule has 1 saturated carbocycles. The molecular formula is C18H24ClN3O2. The van der Waals surface area contributed by atoms with Crippen LogP contribution in [0.5, 0.6) is 0 Å². The average molecular weight is 350 g/mol. The van der Waals surface area contributed by atoms with Gasteiger partial charge in [0.15, 0.2) is 0 Å². The molecule has 24 heavy (non-hydrogen) atoms. The monoisotopic (exact) mass is 349 g/mol. The van der Waals surface area contributed by atoms with Crippen LogP contribution >= 0.6 is 11.6 Å². The van der Waals surface area contributed by atoms with Crippen molar-refractivity contribution in [2.45, 2.75) is 52.4 Å². The molecule has 0 bridgehead atoms. The van der Waals surface area contributed by atoms with Gasteiger partial charge in [-0.1, -0.05) is 24.6 Å². The molecular weight excluding hydrogens is 326 g/mol. The predicted octanol–water partition coefficient (Wildman–Crippen LogP) is 4.05. The van der Waals surface area contributed by atoms with Gasteiger partial charge in [0.2, 0.25) is 11.8 Å². The maximum atomic E-state index is 12.0. The molecule has 0 unspecified atom stereocenters. The van der Waals surface area contributed by atoms with Crippen LogP contribution in [-0.2, 0) is 9.59 Å². The molecule has 0 aromatic heterocycles. The van der Waals surface area contributed by atoms with E-state index in [2.05, 4.69) is 22.8 Å². The first-order valence-corrected chi connectivity index (χ1v) is 8.72. The number of benzene rings is 1. The number of hydrogen-bond acceptors (Lipinski definition) is 3. The normalized spacial score (nSPS) is 19.1. The third-order valence-corrected chi connectivity index (χ3v) is 4.62. The lowest BCUT2D eigenvalue weighted by atomic mass is 9.89. The molecule has 1 atom stereocenters. The fraction of sp³-hybridized carbons (Fsp3) is 0.500. The Morgan fingerprint density at radius 2 is 2.04 bits per heavy atom. The second-order valence-corrected chi connectivity index (χ2v) is 6.78. The van der Waals surface area contributed by atoms with Gasteiger partial charge in [0.1, 0.15) is 0 Å². The van der Waals surface area contributed by atoms with Crippen molar-refractivity contribution in [1.82, 2.24) is 5.43 Å². The number of nitrogens with one attached hydrogen (secondary N) is 2. The number of hydrazone groups is 1. The van der Waals surface area contributed by atoms with E-state index in [1.165, 1.54) is 6.42 Å². The summed E-state index contributed by atoms with van der Waals surface area (Å²) in [4.78, 5) is 23.8. The Hall–Kier alpha value is -1.88. The van der Waals surface area contributed by atoms with Crippen molar-refractivity contribution in [2.24, 2.45) is 11.0 Å². The highest BCUT2D eigenvalue weighted by Gasteiger charge is 2.14. The molecule has 0 spiro atoms. The smallest absolute Gasteiger partial charge is 0.240 e. The molecule has 1 aromatic carbocycles. The van der Waals surface area contributed by atoms with E-state index >= 15 is 0 Å². The summed E-state index contributed by atoms with van der Waals surface area (Å²) in [5.74, 6) is 0.175. The average Bonchev–Trinajstić information content (AvgIpc) is 2.55. The molecule has 0 aliphatic heterocycles. The van der Waals surface area contributed by atoms with Crippen molar-refractivity contribution in [2.75, 3.05) is 5.32 Å². The third-order valence-electron chi connectivity index (χ3n) is 4.21. The van der Waals surface area contributed by atoms with Gasteiger partial charge in [-0.3, -0.25) is 9.59 Å². The van der Waals surface area contributed by atoms with Crippen LogP contribution in [0, 0.1) is 12.8 Å². The van der Waals surface area contributed by atoms with Gasteiger partial charge in [-0.2, -0.15) is 5.10 Å². The summed E-state index contributed by atoms with van der Waals surface area (Å²) in [6.07, 6.45) is 4.44. The van der Waals surface area contributed by atoms with Gasteiger partial charge in [-0.25, -0.2) is 5.43 Å². The third kappa shape index (κ3) is 5.64. The minimum Gasteiger partial charge on any atom is -0.326 e. The number of hydrogen-bond donors (Lipinski definition) is 2. The Morgan fingerprint density at radius 3 is 2.79 bits per heavy atom. The Kier molecular flexibility index (Phi) is 6.79. The van der Waals surface area contributed by atoms with Gasteiger partial charge >= 0.3 is 0 Å². The molecule has 1 aliphatic carbocycles. The summed E-state index contributed by atoms with van der Waals surface area (Å²) in [5.41, 5.74) is 5.09. The molecule has 5 nitrogen and oxygen atoms in total. The van der Waals surface area contributed by atoms with E-state index in [4.69, 9.17) is 11.6 Å². The lowest BCUT2D eigenvalue weighted by molar-refractivity contribution is -0.124. The number of rotatable bonds is 5. The molecule has 1 aromatic rings. The van der Waals surface area contributed by atoms with E-state index in [-0.39, 0.29) is 24.7 Å². The highest BCUT2D eigenvalue weighted by Crippen LogP contribution is 2.23. The van der Waals surface area contributed by atoms with Gasteiger partial charge in [-0.05, 0) is 56.2 Å². The van der Waals surface area contributed by atoms with Crippen LogP contribution in [0.2, 0.25) is 5.02 Å². The summed E-state index contributed by atoms with van der Waals surface area (Å²) >= 11 is 6.02. The van der Waals surface area contributed by atoms with Gasteiger partial charge in [0, 0.05) is 29.3 Å². The van der Waals surface area contributed by atoms with Crippen LogP contribution in [0.3, 0.4) is 0 Å². The first-order chi connectivity index (χ1) is 11.5. The fourth-order valence-corrected chi connectivity index (χ4v) is 2.92. The number of carbonyl (C=O) groups is 2. The van der Waals surface area contributed by atoms with Crippen molar-refractivity contribution >= 4 is 34.8 Å². The maximum Gasteiger partial charge on any atom is 0.240 e. The summed E-state index contributed by atoms with van der Waals surface area (Å²) in [7, 11) is 0. The second-order valence-electron chi connectivity index (χ2n) is 6.38. The maximum absolute atomic E-state index is 12.0. The quantitative estimate of drug-likeness (QED) is 0.787. The minimum absolute atomic E-state index is 0.109. The molecule has 1 fully saturated rings. The number of amides is 2. The fourth-order valence-electron chi connectivity index (χ4n) is 2.74. The first kappa shape index (κ1) is 18.5. The van der Waals surface area contributed by atoms with E-state index < -0.39 is 0 Å². The highest BCUT2D eigenvalue weighted by molar-refractivity contribution is 6.31. The lowest BCUT2D eigenvalue weighted by Gasteiger charge is -2.18. The summed E-state index contributed by atoms with van der Waals surface area (Å²) in [5, 5.41) is 7.57. The Labute approximate surface area is 147 Å². The SMILES string of the molecule is Cc1c(Cl)cccc1NC(=O)CCC(=O)N/N=C1/CCC[C@@H](C)C1. The molecule has 0 heterocycles. The topological polar surface area (TPSA) is 70.6 Å². The minimum atomic E-state index is -0.237. The number of anilines is 1. The van der Waals surface area contributed by atoms with E-state index in [1.54, 1.807) is 18.2 Å². The van der Waals surface area contributed by atoms with Crippen molar-refractivity contribution in [1.29, 1.82) is 0 Å². The standard InChI is InChI=1S/C18H24ClN3O2/c1-12-5-3-6-14(11-12)21-22-18(24)10-9-17(23)20-16-8-4-7-15(19)13(16)2/h4,7-8,12H,3,5-6,9-11H2,1-2H3,(H,20,23)(H,22,24)/b21-14-/t12-/m1/s1. The van der Waals surface area contributed by atoms with Crippen molar-refractivity contribution in [3.05, 3.63) is 28.8 Å². The van der Waals surface area contributed by atoms with Crippen LogP contribution < -0.4 is 10.7 Å². The van der Waals surface area contributed by atoms with Gasteiger partial charge in [-0.15, -0.1) is 0 Å². The molecule has 2 N–H and O–H groups in total. The van der Waals surface area contributed by atoms with Crippen LogP contribution in [0.25, 0.3) is 0 Å². The van der Waals surface area contributed by atoms with Gasteiger partial charge in [0.05, 0.1) is 0 Å². The lowest BCUT2D eigenvalue weighted by Crippen LogP contribution is -2.23. The van der Waals surface area contributed by atoms with Crippen LogP contribution in [0.1, 0.15) is 51.0 Å². The summed E-state index contributed by atoms with van der Waals surface area (Å²) in [6.45, 7) is 4.03.